The van der Waals surface area contributed by atoms with Crippen molar-refractivity contribution in [3.05, 3.63) is 70.1 Å². The van der Waals surface area contributed by atoms with E-state index in [2.05, 4.69) is 5.10 Å². The van der Waals surface area contributed by atoms with E-state index in [-0.39, 0.29) is 23.8 Å². The number of rotatable bonds is 6. The molecule has 6 nitrogen and oxygen atoms in total. The average molecular weight is 366 g/mol. The largest absolute Gasteiger partial charge is 0.497 e. The molecule has 0 fully saturated rings. The predicted molar refractivity (Wildman–Crippen MR) is 103 cm³/mol. The molecule has 0 radical (unpaired) electrons. The molecule has 0 aliphatic rings. The molecule has 0 saturated heterocycles. The van der Waals surface area contributed by atoms with E-state index in [0.29, 0.717) is 23.1 Å². The van der Waals surface area contributed by atoms with Crippen LogP contribution in [0.3, 0.4) is 0 Å². The first-order chi connectivity index (χ1) is 13.0. The fourth-order valence-electron chi connectivity index (χ4n) is 2.84. The van der Waals surface area contributed by atoms with Gasteiger partial charge in [0.1, 0.15) is 12.4 Å². The van der Waals surface area contributed by atoms with Crippen molar-refractivity contribution in [3.63, 3.8) is 0 Å². The molecule has 2 aromatic carbocycles. The second kappa shape index (κ2) is 8.03. The molecule has 0 aliphatic heterocycles. The third-order valence-electron chi connectivity index (χ3n) is 4.10. The van der Waals surface area contributed by atoms with Gasteiger partial charge in [-0.2, -0.15) is 5.10 Å². The predicted octanol–water partition coefficient (Wildman–Crippen LogP) is 3.42. The van der Waals surface area contributed by atoms with Gasteiger partial charge in [-0.25, -0.2) is 9.48 Å². The van der Waals surface area contributed by atoms with Crippen molar-refractivity contribution in [1.82, 2.24) is 9.78 Å². The molecule has 140 valence electrons. The third kappa shape index (κ3) is 4.16. The van der Waals surface area contributed by atoms with Crippen LogP contribution >= 0.6 is 0 Å². The normalized spacial score (nSPS) is 11.0. The first kappa shape index (κ1) is 18.6. The Kier molecular flexibility index (Phi) is 5.54. The maximum absolute atomic E-state index is 12.7. The zero-order chi connectivity index (χ0) is 19.4. The molecule has 0 aliphatic carbocycles. The van der Waals surface area contributed by atoms with Crippen LogP contribution < -0.4 is 10.3 Å². The van der Waals surface area contributed by atoms with E-state index in [1.54, 1.807) is 37.4 Å². The second-order valence-electron chi connectivity index (χ2n) is 6.70. The summed E-state index contributed by atoms with van der Waals surface area (Å²) in [5, 5.41) is 5.25. The lowest BCUT2D eigenvalue weighted by molar-refractivity contribution is 0.0464. The first-order valence-corrected chi connectivity index (χ1v) is 8.79. The zero-order valence-corrected chi connectivity index (χ0v) is 15.6. The topological polar surface area (TPSA) is 70.4 Å². The second-order valence-corrected chi connectivity index (χ2v) is 6.70. The molecular weight excluding hydrogens is 344 g/mol. The minimum atomic E-state index is -0.563. The van der Waals surface area contributed by atoms with Crippen LogP contribution in [0.25, 0.3) is 10.8 Å². The van der Waals surface area contributed by atoms with E-state index in [9.17, 15) is 9.59 Å². The van der Waals surface area contributed by atoms with Crippen LogP contribution in [0.1, 0.15) is 29.9 Å². The minimum Gasteiger partial charge on any atom is -0.497 e. The fraction of sp³-hybridized carbons (Fsp3) is 0.286. The lowest BCUT2D eigenvalue weighted by Crippen LogP contribution is -2.28. The molecule has 3 rings (SSSR count). The van der Waals surface area contributed by atoms with E-state index in [4.69, 9.17) is 9.47 Å². The van der Waals surface area contributed by atoms with Gasteiger partial charge in [0.25, 0.3) is 5.56 Å². The van der Waals surface area contributed by atoms with E-state index in [1.165, 1.54) is 4.68 Å². The van der Waals surface area contributed by atoms with E-state index in [0.717, 1.165) is 5.56 Å². The maximum Gasteiger partial charge on any atom is 0.359 e. The van der Waals surface area contributed by atoms with Gasteiger partial charge in [0.05, 0.1) is 12.5 Å². The summed E-state index contributed by atoms with van der Waals surface area (Å²) in [5.41, 5.74) is 0.750. The van der Waals surface area contributed by atoms with Crippen LogP contribution in [-0.2, 0) is 17.9 Å². The standard InChI is InChI=1S/C21H22N2O4/c1-14(2)12-23-20(24)18-10-5-4-9-17(18)19(22-23)21(25)27-13-15-7-6-8-16(11-15)26-3/h4-11,14H,12-13H2,1-3H3. The summed E-state index contributed by atoms with van der Waals surface area (Å²) in [5.74, 6) is 0.348. The van der Waals surface area contributed by atoms with Gasteiger partial charge >= 0.3 is 5.97 Å². The highest BCUT2D eigenvalue weighted by Crippen LogP contribution is 2.17. The molecule has 0 amide bonds. The Hall–Kier alpha value is -3.15. The quantitative estimate of drug-likeness (QED) is 0.625. The van der Waals surface area contributed by atoms with Crippen molar-refractivity contribution in [2.45, 2.75) is 27.0 Å². The molecule has 0 bridgehead atoms. The molecule has 1 heterocycles. The number of ether oxygens (including phenoxy) is 2. The van der Waals surface area contributed by atoms with Gasteiger partial charge in [-0.15, -0.1) is 0 Å². The Morgan fingerprint density at radius 1 is 1.11 bits per heavy atom. The minimum absolute atomic E-state index is 0.0926. The van der Waals surface area contributed by atoms with Gasteiger partial charge in [-0.05, 0) is 29.7 Å². The van der Waals surface area contributed by atoms with Crippen molar-refractivity contribution in [2.75, 3.05) is 7.11 Å². The smallest absolute Gasteiger partial charge is 0.359 e. The Morgan fingerprint density at radius 2 is 1.85 bits per heavy atom. The summed E-state index contributed by atoms with van der Waals surface area (Å²) in [6.45, 7) is 4.50. The molecule has 0 atom stereocenters. The lowest BCUT2D eigenvalue weighted by Gasteiger charge is -2.12. The Labute approximate surface area is 157 Å². The number of aromatic nitrogens is 2. The Morgan fingerprint density at radius 3 is 2.56 bits per heavy atom. The number of hydrogen-bond acceptors (Lipinski definition) is 5. The van der Waals surface area contributed by atoms with Crippen LogP contribution in [0, 0.1) is 5.92 Å². The number of benzene rings is 2. The molecule has 1 aromatic heterocycles. The Balaban J connectivity index is 1.93. The van der Waals surface area contributed by atoms with E-state index >= 15 is 0 Å². The monoisotopic (exact) mass is 366 g/mol. The van der Waals surface area contributed by atoms with Gasteiger partial charge in [0.2, 0.25) is 0 Å². The molecule has 0 N–H and O–H groups in total. The molecule has 6 heteroatoms. The van der Waals surface area contributed by atoms with Crippen molar-refractivity contribution in [1.29, 1.82) is 0 Å². The van der Waals surface area contributed by atoms with E-state index in [1.807, 2.05) is 32.0 Å². The van der Waals surface area contributed by atoms with Gasteiger partial charge < -0.3 is 9.47 Å². The molecule has 0 unspecified atom stereocenters. The third-order valence-corrected chi connectivity index (χ3v) is 4.10. The lowest BCUT2D eigenvalue weighted by atomic mass is 10.1. The number of methoxy groups -OCH3 is 1. The first-order valence-electron chi connectivity index (χ1n) is 8.79. The summed E-state index contributed by atoms with van der Waals surface area (Å²) in [7, 11) is 1.58. The summed E-state index contributed by atoms with van der Waals surface area (Å²) >= 11 is 0. The number of carbonyl (C=O) groups is 1. The molecule has 0 spiro atoms. The van der Waals surface area contributed by atoms with Crippen molar-refractivity contribution in [2.24, 2.45) is 5.92 Å². The highest BCUT2D eigenvalue weighted by molar-refractivity contribution is 6.02. The van der Waals surface area contributed by atoms with Crippen LogP contribution in [0.4, 0.5) is 0 Å². The van der Waals surface area contributed by atoms with Gasteiger partial charge in [0.15, 0.2) is 5.69 Å². The van der Waals surface area contributed by atoms with Crippen molar-refractivity contribution in [3.8, 4) is 5.75 Å². The summed E-state index contributed by atoms with van der Waals surface area (Å²) in [4.78, 5) is 25.3. The van der Waals surface area contributed by atoms with Crippen molar-refractivity contribution < 1.29 is 14.3 Å². The zero-order valence-electron chi connectivity index (χ0n) is 15.6. The molecule has 3 aromatic rings. The van der Waals surface area contributed by atoms with Gasteiger partial charge in [0, 0.05) is 11.9 Å². The molecule has 0 saturated carbocycles. The van der Waals surface area contributed by atoms with Crippen LogP contribution in [-0.4, -0.2) is 22.9 Å². The SMILES string of the molecule is COc1cccc(COC(=O)c2nn(CC(C)C)c(=O)c3ccccc23)c1. The van der Waals surface area contributed by atoms with Crippen LogP contribution in [0.2, 0.25) is 0 Å². The number of hydrogen-bond donors (Lipinski definition) is 0. The summed E-state index contributed by atoms with van der Waals surface area (Å²) in [6, 6.07) is 14.3. The van der Waals surface area contributed by atoms with Crippen molar-refractivity contribution >= 4 is 16.7 Å². The van der Waals surface area contributed by atoms with Gasteiger partial charge in [-0.3, -0.25) is 4.79 Å². The number of nitrogens with zero attached hydrogens (tertiary/aromatic N) is 2. The van der Waals surface area contributed by atoms with Gasteiger partial charge in [-0.1, -0.05) is 44.2 Å². The van der Waals surface area contributed by atoms with Crippen LogP contribution in [0.15, 0.2) is 53.3 Å². The van der Waals surface area contributed by atoms with Crippen LogP contribution in [0.5, 0.6) is 5.75 Å². The molecular formula is C21H22N2O4. The summed E-state index contributed by atoms with van der Waals surface area (Å²) < 4.78 is 12.0. The van der Waals surface area contributed by atoms with E-state index < -0.39 is 5.97 Å². The Bertz CT molecular complexity index is 1020. The highest BCUT2D eigenvalue weighted by atomic mass is 16.5. The fourth-order valence-corrected chi connectivity index (χ4v) is 2.84. The maximum atomic E-state index is 12.7. The number of fused-ring (bicyclic) bond motifs is 1. The average Bonchev–Trinajstić information content (AvgIpc) is 2.68. The number of carbonyl (C=O) groups excluding carboxylic acids is 1. The molecule has 27 heavy (non-hydrogen) atoms. The summed E-state index contributed by atoms with van der Waals surface area (Å²) in [6.07, 6.45) is 0. The highest BCUT2D eigenvalue weighted by Gasteiger charge is 2.18. The number of esters is 1.